The van der Waals surface area contributed by atoms with E-state index in [1.165, 1.54) is 16.4 Å². The molecule has 0 atom stereocenters. The lowest BCUT2D eigenvalue weighted by atomic mass is 10.6. The van der Waals surface area contributed by atoms with Crippen molar-refractivity contribution >= 4 is 17.7 Å². The largest absolute Gasteiger partial charge is 0.480 e. The third kappa shape index (κ3) is 3.17. The number of thioether (sulfide) groups is 1. The predicted molar refractivity (Wildman–Crippen MR) is 51.0 cm³/mol. The molecule has 1 aromatic heterocycles. The summed E-state index contributed by atoms with van der Waals surface area (Å²) in [6.07, 6.45) is 3.86. The van der Waals surface area contributed by atoms with E-state index in [9.17, 15) is 4.79 Å². The van der Waals surface area contributed by atoms with Crippen LogP contribution in [0.1, 0.15) is 6.92 Å². The van der Waals surface area contributed by atoms with Crippen LogP contribution in [0.25, 0.3) is 0 Å². The van der Waals surface area contributed by atoms with Crippen LogP contribution in [-0.4, -0.2) is 37.0 Å². The van der Waals surface area contributed by atoms with Crippen molar-refractivity contribution in [3.63, 3.8) is 0 Å². The first-order chi connectivity index (χ1) is 6.74. The molecule has 0 fully saturated rings. The number of aromatic nitrogens is 4. The molecule has 1 rings (SSSR count). The van der Waals surface area contributed by atoms with E-state index in [-0.39, 0.29) is 6.54 Å². The Kier molecular flexibility index (Phi) is 4.11. The van der Waals surface area contributed by atoms with Gasteiger partial charge in [0.15, 0.2) is 0 Å². The molecule has 0 amide bonds. The van der Waals surface area contributed by atoms with E-state index in [0.29, 0.717) is 5.16 Å². The molecule has 0 saturated heterocycles. The summed E-state index contributed by atoms with van der Waals surface area (Å²) in [5, 5.41) is 19.7. The van der Waals surface area contributed by atoms with Gasteiger partial charge in [0.2, 0.25) is 5.16 Å². The highest BCUT2D eigenvalue weighted by Gasteiger charge is 2.08. The van der Waals surface area contributed by atoms with Gasteiger partial charge in [-0.2, -0.15) is 0 Å². The number of aliphatic carboxylic acids is 1. The van der Waals surface area contributed by atoms with Crippen LogP contribution < -0.4 is 0 Å². The van der Waals surface area contributed by atoms with Gasteiger partial charge in [0.1, 0.15) is 6.54 Å². The predicted octanol–water partition coefficient (Wildman–Crippen LogP) is 0.426. The maximum atomic E-state index is 10.4. The molecule has 0 saturated carbocycles. The van der Waals surface area contributed by atoms with Crippen LogP contribution in [-0.2, 0) is 11.3 Å². The molecule has 6 nitrogen and oxygen atoms in total. The molecule has 0 spiro atoms. The number of nitrogens with zero attached hydrogens (tertiary/aromatic N) is 4. The summed E-state index contributed by atoms with van der Waals surface area (Å²) >= 11 is 1.40. The second-order valence-electron chi connectivity index (χ2n) is 2.39. The quantitative estimate of drug-likeness (QED) is 0.565. The lowest BCUT2D eigenvalue weighted by Gasteiger charge is -1.98. The van der Waals surface area contributed by atoms with Crippen LogP contribution in [0.5, 0.6) is 0 Å². The molecule has 0 aliphatic heterocycles. The van der Waals surface area contributed by atoms with Crippen molar-refractivity contribution in [2.24, 2.45) is 0 Å². The molecule has 0 aliphatic carbocycles. The summed E-state index contributed by atoms with van der Waals surface area (Å²) in [7, 11) is 0. The van der Waals surface area contributed by atoms with Crippen molar-refractivity contribution in [1.29, 1.82) is 0 Å². The Bertz CT molecular complexity index is 336. The monoisotopic (exact) mass is 214 g/mol. The molecule has 1 aromatic rings. The van der Waals surface area contributed by atoms with Crippen molar-refractivity contribution in [2.45, 2.75) is 18.6 Å². The van der Waals surface area contributed by atoms with Crippen LogP contribution in [0, 0.1) is 0 Å². The van der Waals surface area contributed by atoms with E-state index < -0.39 is 5.97 Å². The lowest BCUT2D eigenvalue weighted by molar-refractivity contribution is -0.138. The van der Waals surface area contributed by atoms with Crippen molar-refractivity contribution in [3.8, 4) is 0 Å². The number of rotatable bonds is 5. The van der Waals surface area contributed by atoms with Gasteiger partial charge in [0.05, 0.1) is 0 Å². The van der Waals surface area contributed by atoms with Crippen molar-refractivity contribution in [3.05, 3.63) is 12.2 Å². The van der Waals surface area contributed by atoms with Gasteiger partial charge in [0.25, 0.3) is 0 Å². The van der Waals surface area contributed by atoms with Gasteiger partial charge in [-0.3, -0.25) is 4.79 Å². The topological polar surface area (TPSA) is 80.9 Å². The molecule has 0 radical (unpaired) electrons. The zero-order valence-electron chi connectivity index (χ0n) is 7.62. The van der Waals surface area contributed by atoms with E-state index in [2.05, 4.69) is 15.5 Å². The maximum absolute atomic E-state index is 10.4. The van der Waals surface area contributed by atoms with E-state index >= 15 is 0 Å². The minimum Gasteiger partial charge on any atom is -0.480 e. The fourth-order valence-corrected chi connectivity index (χ4v) is 1.53. The average molecular weight is 214 g/mol. The SMILES string of the molecule is CC=CCSc1nnnn1CC(=O)O. The van der Waals surface area contributed by atoms with Crippen LogP contribution >= 0.6 is 11.8 Å². The minimum atomic E-state index is -0.954. The zero-order valence-corrected chi connectivity index (χ0v) is 8.44. The Labute approximate surface area is 85.0 Å². The maximum Gasteiger partial charge on any atom is 0.325 e. The second kappa shape index (κ2) is 5.38. The number of carboxylic acids is 1. The number of carbonyl (C=O) groups is 1. The molecule has 1 heterocycles. The summed E-state index contributed by atoms with van der Waals surface area (Å²) in [5.41, 5.74) is 0. The number of carboxylic acid groups (broad SMARTS) is 1. The molecule has 76 valence electrons. The highest BCUT2D eigenvalue weighted by molar-refractivity contribution is 7.99. The Morgan fingerprint density at radius 3 is 3.14 bits per heavy atom. The van der Waals surface area contributed by atoms with E-state index in [1.54, 1.807) is 0 Å². The third-order valence-electron chi connectivity index (χ3n) is 1.33. The van der Waals surface area contributed by atoms with Gasteiger partial charge in [-0.15, -0.1) is 5.10 Å². The Morgan fingerprint density at radius 1 is 1.71 bits per heavy atom. The molecular weight excluding hydrogens is 204 g/mol. The lowest BCUT2D eigenvalue weighted by Crippen LogP contribution is -2.11. The Morgan fingerprint density at radius 2 is 2.50 bits per heavy atom. The van der Waals surface area contributed by atoms with E-state index in [0.717, 1.165) is 5.75 Å². The normalized spacial score (nSPS) is 10.9. The molecule has 0 aromatic carbocycles. The average Bonchev–Trinajstić information content (AvgIpc) is 2.52. The summed E-state index contributed by atoms with van der Waals surface area (Å²) in [4.78, 5) is 10.4. The van der Waals surface area contributed by atoms with Gasteiger partial charge >= 0.3 is 5.97 Å². The highest BCUT2D eigenvalue weighted by atomic mass is 32.2. The van der Waals surface area contributed by atoms with Crippen molar-refractivity contribution < 1.29 is 9.90 Å². The molecular formula is C7H10N4O2S. The summed E-state index contributed by atoms with van der Waals surface area (Å²) in [6.45, 7) is 1.71. The van der Waals surface area contributed by atoms with Gasteiger partial charge in [-0.05, 0) is 17.4 Å². The number of tetrazole rings is 1. The highest BCUT2D eigenvalue weighted by Crippen LogP contribution is 2.12. The van der Waals surface area contributed by atoms with Gasteiger partial charge < -0.3 is 5.11 Å². The summed E-state index contributed by atoms with van der Waals surface area (Å²) in [6, 6.07) is 0. The standard InChI is InChI=1S/C7H10N4O2S/c1-2-3-4-14-7-8-9-10-11(7)5-6(12)13/h2-3H,4-5H2,1H3,(H,12,13). The first kappa shape index (κ1) is 10.7. The molecule has 0 unspecified atom stereocenters. The third-order valence-corrected chi connectivity index (χ3v) is 2.24. The van der Waals surface area contributed by atoms with E-state index in [1.807, 2.05) is 19.1 Å². The minimum absolute atomic E-state index is 0.203. The fraction of sp³-hybridized carbons (Fsp3) is 0.429. The molecule has 0 bridgehead atoms. The Balaban J connectivity index is 2.57. The molecule has 1 N–H and O–H groups in total. The second-order valence-corrected chi connectivity index (χ2v) is 3.38. The van der Waals surface area contributed by atoms with Crippen LogP contribution in [0.15, 0.2) is 17.3 Å². The van der Waals surface area contributed by atoms with Crippen LogP contribution in [0.2, 0.25) is 0 Å². The van der Waals surface area contributed by atoms with E-state index in [4.69, 9.17) is 5.11 Å². The number of hydrogen-bond donors (Lipinski definition) is 1. The Hall–Kier alpha value is -1.37. The van der Waals surface area contributed by atoms with Crippen LogP contribution in [0.3, 0.4) is 0 Å². The number of hydrogen-bond acceptors (Lipinski definition) is 5. The molecule has 7 heteroatoms. The fourth-order valence-electron chi connectivity index (χ4n) is 0.746. The zero-order chi connectivity index (χ0) is 10.4. The molecule has 14 heavy (non-hydrogen) atoms. The summed E-state index contributed by atoms with van der Waals surface area (Å²) < 4.78 is 1.26. The van der Waals surface area contributed by atoms with Crippen LogP contribution in [0.4, 0.5) is 0 Å². The smallest absolute Gasteiger partial charge is 0.325 e. The van der Waals surface area contributed by atoms with Gasteiger partial charge in [-0.1, -0.05) is 23.9 Å². The van der Waals surface area contributed by atoms with Crippen molar-refractivity contribution in [2.75, 3.05) is 5.75 Å². The van der Waals surface area contributed by atoms with Gasteiger partial charge in [-0.25, -0.2) is 4.68 Å². The van der Waals surface area contributed by atoms with Gasteiger partial charge in [0, 0.05) is 5.75 Å². The summed E-state index contributed by atoms with van der Waals surface area (Å²) in [5.74, 6) is -0.221. The number of allylic oxidation sites excluding steroid dienone is 1. The first-order valence-electron chi connectivity index (χ1n) is 3.96. The molecule has 0 aliphatic rings. The first-order valence-corrected chi connectivity index (χ1v) is 4.94. The van der Waals surface area contributed by atoms with Crippen molar-refractivity contribution in [1.82, 2.24) is 20.2 Å².